The fraction of sp³-hybridized carbons (Fsp3) is 0.200. The van der Waals surface area contributed by atoms with E-state index in [1.54, 1.807) is 36.4 Å². The molecule has 0 heterocycles. The number of rotatable bonds is 9. The Kier molecular flexibility index (Phi) is 7.38. The van der Waals surface area contributed by atoms with E-state index in [0.29, 0.717) is 11.3 Å². The van der Waals surface area contributed by atoms with Gasteiger partial charge >= 0.3 is 5.97 Å². The number of nitrogens with one attached hydrogen (secondary N) is 1. The lowest BCUT2D eigenvalue weighted by atomic mass is 10.0. The van der Waals surface area contributed by atoms with Gasteiger partial charge in [-0.25, -0.2) is 4.39 Å². The van der Waals surface area contributed by atoms with Gasteiger partial charge in [0.2, 0.25) is 0 Å². The minimum atomic E-state index is -0.958. The van der Waals surface area contributed by atoms with E-state index in [-0.39, 0.29) is 30.8 Å². The summed E-state index contributed by atoms with van der Waals surface area (Å²) < 4.78 is 19.2. The first kappa shape index (κ1) is 22.0. The van der Waals surface area contributed by atoms with Gasteiger partial charge in [0.25, 0.3) is 5.91 Å². The summed E-state index contributed by atoms with van der Waals surface area (Å²) in [7, 11) is 0. The van der Waals surface area contributed by atoms with Crippen molar-refractivity contribution in [1.82, 2.24) is 5.32 Å². The number of aliphatic carboxylic acids is 1. The Hall–Kier alpha value is -3.67. The van der Waals surface area contributed by atoms with Crippen molar-refractivity contribution in [3.63, 3.8) is 0 Å². The normalized spacial score (nSPS) is 11.5. The first-order valence-corrected chi connectivity index (χ1v) is 10.1. The zero-order valence-corrected chi connectivity index (χ0v) is 17.2. The van der Waals surface area contributed by atoms with E-state index in [9.17, 15) is 14.0 Å². The van der Waals surface area contributed by atoms with Gasteiger partial charge in [-0.15, -0.1) is 0 Å². The first-order chi connectivity index (χ1) is 15.0. The van der Waals surface area contributed by atoms with E-state index in [2.05, 4.69) is 5.32 Å². The maximum absolute atomic E-state index is 13.1. The Bertz CT molecular complexity index is 1010. The summed E-state index contributed by atoms with van der Waals surface area (Å²) >= 11 is 0. The highest BCUT2D eigenvalue weighted by atomic mass is 19.1. The van der Waals surface area contributed by atoms with Crippen molar-refractivity contribution in [2.45, 2.75) is 25.9 Å². The molecule has 0 spiro atoms. The second kappa shape index (κ2) is 10.4. The van der Waals surface area contributed by atoms with Crippen LogP contribution in [-0.4, -0.2) is 23.5 Å². The van der Waals surface area contributed by atoms with Crippen LogP contribution in [0.2, 0.25) is 0 Å². The van der Waals surface area contributed by atoms with Gasteiger partial charge in [-0.3, -0.25) is 9.59 Å². The van der Waals surface area contributed by atoms with Crippen LogP contribution in [0.4, 0.5) is 4.39 Å². The Balaban J connectivity index is 1.63. The molecule has 31 heavy (non-hydrogen) atoms. The fourth-order valence-electron chi connectivity index (χ4n) is 3.15. The second-order valence-corrected chi connectivity index (χ2v) is 7.07. The second-order valence-electron chi connectivity index (χ2n) is 7.07. The van der Waals surface area contributed by atoms with E-state index in [0.717, 1.165) is 23.1 Å². The number of hydrogen-bond donors (Lipinski definition) is 2. The molecule has 3 rings (SSSR count). The number of hydrogen-bond acceptors (Lipinski definition) is 3. The average Bonchev–Trinajstić information content (AvgIpc) is 2.78. The highest BCUT2D eigenvalue weighted by Gasteiger charge is 2.13. The van der Waals surface area contributed by atoms with E-state index < -0.39 is 5.97 Å². The van der Waals surface area contributed by atoms with Crippen molar-refractivity contribution < 1.29 is 23.8 Å². The lowest BCUT2D eigenvalue weighted by molar-refractivity contribution is -0.136. The number of amides is 1. The van der Waals surface area contributed by atoms with Crippen LogP contribution >= 0.6 is 0 Å². The topological polar surface area (TPSA) is 75.6 Å². The molecule has 0 aromatic heterocycles. The summed E-state index contributed by atoms with van der Waals surface area (Å²) in [4.78, 5) is 22.6. The predicted molar refractivity (Wildman–Crippen MR) is 117 cm³/mol. The molecular weight excluding hydrogens is 397 g/mol. The summed E-state index contributed by atoms with van der Waals surface area (Å²) in [6.45, 7) is 2.11. The standard InChI is InChI=1S/C25H24FNO4/c1-2-23(19-5-3-17(4-6-19)18-7-11-21(26)12-8-18)31-22-13-9-20(10-14-22)25(30)27-16-15-24(28)29/h3-14,23H,2,15-16H2,1H3,(H,27,30)(H,28,29)/t23-/m1/s1. The quantitative estimate of drug-likeness (QED) is 0.496. The van der Waals surface area contributed by atoms with Crippen LogP contribution in [0.5, 0.6) is 5.75 Å². The minimum Gasteiger partial charge on any atom is -0.486 e. The summed E-state index contributed by atoms with van der Waals surface area (Å²) in [6.07, 6.45) is 0.482. The number of benzene rings is 3. The van der Waals surface area contributed by atoms with Gasteiger partial charge in [-0.2, -0.15) is 0 Å². The van der Waals surface area contributed by atoms with Crippen LogP contribution in [0, 0.1) is 5.82 Å². The summed E-state index contributed by atoms with van der Waals surface area (Å²) in [5.74, 6) is -0.906. The van der Waals surface area contributed by atoms with Crippen molar-refractivity contribution in [2.24, 2.45) is 0 Å². The molecule has 0 fully saturated rings. The molecule has 3 aromatic rings. The average molecular weight is 421 g/mol. The molecule has 0 saturated carbocycles. The van der Waals surface area contributed by atoms with Crippen molar-refractivity contribution in [3.8, 4) is 16.9 Å². The van der Waals surface area contributed by atoms with Crippen LogP contribution in [-0.2, 0) is 4.79 Å². The lowest BCUT2D eigenvalue weighted by Crippen LogP contribution is -2.25. The Morgan fingerprint density at radius 1 is 0.935 bits per heavy atom. The van der Waals surface area contributed by atoms with Crippen molar-refractivity contribution in [2.75, 3.05) is 6.54 Å². The number of halogens is 1. The zero-order chi connectivity index (χ0) is 22.2. The van der Waals surface area contributed by atoms with Gasteiger partial charge in [-0.05, 0) is 59.5 Å². The highest BCUT2D eigenvalue weighted by Crippen LogP contribution is 2.27. The molecule has 2 N–H and O–H groups in total. The van der Waals surface area contributed by atoms with Crippen LogP contribution in [0.1, 0.15) is 41.8 Å². The SMILES string of the molecule is CC[C@@H](Oc1ccc(C(=O)NCCC(=O)O)cc1)c1ccc(-c2ccc(F)cc2)cc1. The molecule has 0 saturated heterocycles. The van der Waals surface area contributed by atoms with Gasteiger partial charge in [0.1, 0.15) is 17.7 Å². The van der Waals surface area contributed by atoms with Crippen LogP contribution in [0.15, 0.2) is 72.8 Å². The number of ether oxygens (including phenoxy) is 1. The van der Waals surface area contributed by atoms with Crippen molar-refractivity contribution in [3.05, 3.63) is 89.7 Å². The molecule has 3 aromatic carbocycles. The molecule has 0 radical (unpaired) electrons. The van der Waals surface area contributed by atoms with Gasteiger partial charge in [0, 0.05) is 12.1 Å². The van der Waals surface area contributed by atoms with Crippen LogP contribution in [0.3, 0.4) is 0 Å². The molecule has 0 unspecified atom stereocenters. The largest absolute Gasteiger partial charge is 0.486 e. The smallest absolute Gasteiger partial charge is 0.305 e. The molecule has 6 heteroatoms. The molecule has 0 bridgehead atoms. The molecule has 0 aliphatic heterocycles. The monoisotopic (exact) mass is 421 g/mol. The van der Waals surface area contributed by atoms with Gasteiger partial charge in [0.05, 0.1) is 6.42 Å². The summed E-state index contributed by atoms with van der Waals surface area (Å²) in [5, 5.41) is 11.2. The van der Waals surface area contributed by atoms with E-state index >= 15 is 0 Å². The van der Waals surface area contributed by atoms with Gasteiger partial charge < -0.3 is 15.2 Å². The molecule has 0 aliphatic carbocycles. The number of carbonyl (C=O) groups is 2. The van der Waals surface area contributed by atoms with Gasteiger partial charge in [-0.1, -0.05) is 43.3 Å². The molecule has 1 atom stereocenters. The summed E-state index contributed by atoms with van der Waals surface area (Å²) in [5.41, 5.74) is 3.40. The third kappa shape index (κ3) is 6.15. The number of carbonyl (C=O) groups excluding carboxylic acids is 1. The molecule has 5 nitrogen and oxygen atoms in total. The maximum atomic E-state index is 13.1. The third-order valence-corrected chi connectivity index (χ3v) is 4.85. The lowest BCUT2D eigenvalue weighted by Gasteiger charge is -2.18. The van der Waals surface area contributed by atoms with Crippen LogP contribution < -0.4 is 10.1 Å². The zero-order valence-electron chi connectivity index (χ0n) is 17.2. The highest BCUT2D eigenvalue weighted by molar-refractivity contribution is 5.94. The van der Waals surface area contributed by atoms with Gasteiger partial charge in [0.15, 0.2) is 0 Å². The van der Waals surface area contributed by atoms with E-state index in [1.165, 1.54) is 12.1 Å². The first-order valence-electron chi connectivity index (χ1n) is 10.1. The molecule has 0 aliphatic rings. The molecule has 1 amide bonds. The van der Waals surface area contributed by atoms with Crippen molar-refractivity contribution >= 4 is 11.9 Å². The molecule has 160 valence electrons. The molecular formula is C25H24FNO4. The Morgan fingerprint density at radius 2 is 1.52 bits per heavy atom. The Morgan fingerprint density at radius 3 is 2.06 bits per heavy atom. The van der Waals surface area contributed by atoms with Crippen molar-refractivity contribution in [1.29, 1.82) is 0 Å². The number of carboxylic acids is 1. The number of carboxylic acid groups (broad SMARTS) is 1. The third-order valence-electron chi connectivity index (χ3n) is 4.85. The predicted octanol–water partition coefficient (Wildman–Crippen LogP) is 5.23. The van der Waals surface area contributed by atoms with E-state index in [4.69, 9.17) is 9.84 Å². The Labute approximate surface area is 180 Å². The van der Waals surface area contributed by atoms with Crippen LogP contribution in [0.25, 0.3) is 11.1 Å². The maximum Gasteiger partial charge on any atom is 0.305 e. The minimum absolute atomic E-state index is 0.0816. The fourth-order valence-corrected chi connectivity index (χ4v) is 3.15. The summed E-state index contributed by atoms with van der Waals surface area (Å²) in [6, 6.07) is 21.1. The van der Waals surface area contributed by atoms with E-state index in [1.807, 2.05) is 31.2 Å².